The minimum atomic E-state index is -0.134. The minimum absolute atomic E-state index is 0.00516. The molecule has 1 atom stereocenters. The van der Waals surface area contributed by atoms with E-state index in [9.17, 15) is 9.59 Å². The highest BCUT2D eigenvalue weighted by Gasteiger charge is 2.24. The van der Waals surface area contributed by atoms with E-state index in [0.29, 0.717) is 21.6 Å². The maximum absolute atomic E-state index is 12.6. The van der Waals surface area contributed by atoms with E-state index >= 15 is 0 Å². The van der Waals surface area contributed by atoms with Crippen LogP contribution in [0, 0.1) is 6.92 Å². The summed E-state index contributed by atoms with van der Waals surface area (Å²) in [7, 11) is 0. The molecule has 0 aliphatic carbocycles. The average molecular weight is 333 g/mol. The molecule has 1 fully saturated rings. The molecule has 4 heterocycles. The van der Waals surface area contributed by atoms with Crippen molar-refractivity contribution in [2.45, 2.75) is 45.3 Å². The van der Waals surface area contributed by atoms with Crippen molar-refractivity contribution in [3.63, 3.8) is 0 Å². The van der Waals surface area contributed by atoms with E-state index in [4.69, 9.17) is 4.74 Å². The van der Waals surface area contributed by atoms with Gasteiger partial charge in [-0.15, -0.1) is 11.3 Å². The number of aryl methyl sites for hydroxylation is 2. The predicted octanol–water partition coefficient (Wildman–Crippen LogP) is 1.62. The second-order valence-corrected chi connectivity index (χ2v) is 7.17. The minimum Gasteiger partial charge on any atom is -0.376 e. The molecule has 7 heteroatoms. The Hall–Kier alpha value is -1.73. The third-order valence-electron chi connectivity index (χ3n) is 4.63. The number of rotatable bonds is 3. The average Bonchev–Trinajstić information content (AvgIpc) is 3.25. The number of carbonyl (C=O) groups excluding carboxylic acids is 1. The maximum atomic E-state index is 12.6. The molecule has 2 aliphatic heterocycles. The van der Waals surface area contributed by atoms with E-state index in [-0.39, 0.29) is 17.6 Å². The number of nitrogens with one attached hydrogen (secondary N) is 1. The molecule has 0 spiro atoms. The van der Waals surface area contributed by atoms with Gasteiger partial charge < -0.3 is 10.1 Å². The Kier molecular flexibility index (Phi) is 3.69. The van der Waals surface area contributed by atoms with Gasteiger partial charge in [0.05, 0.1) is 16.4 Å². The first-order chi connectivity index (χ1) is 11.1. The lowest BCUT2D eigenvalue weighted by Gasteiger charge is -2.10. The standard InChI is InChI=1S/C16H19N3O3S/c1-9-12-15(18-11-5-2-6-19(11)16(12)21)23-13(9)14(20)17-8-10-4-3-7-22-10/h10H,2-8H2,1H3,(H,17,20)/t10-/m1/s1. The zero-order chi connectivity index (χ0) is 16.0. The van der Waals surface area contributed by atoms with E-state index in [1.165, 1.54) is 11.3 Å². The number of fused-ring (bicyclic) bond motifs is 2. The van der Waals surface area contributed by atoms with Gasteiger partial charge in [-0.3, -0.25) is 14.2 Å². The molecule has 0 saturated carbocycles. The third-order valence-corrected chi connectivity index (χ3v) is 5.82. The van der Waals surface area contributed by atoms with Gasteiger partial charge in [-0.1, -0.05) is 0 Å². The van der Waals surface area contributed by atoms with Crippen molar-refractivity contribution in [2.24, 2.45) is 0 Å². The zero-order valence-electron chi connectivity index (χ0n) is 13.1. The van der Waals surface area contributed by atoms with Gasteiger partial charge in [0, 0.05) is 26.1 Å². The highest BCUT2D eigenvalue weighted by Crippen LogP contribution is 2.28. The number of carbonyl (C=O) groups is 1. The van der Waals surface area contributed by atoms with Crippen LogP contribution in [0.5, 0.6) is 0 Å². The lowest BCUT2D eigenvalue weighted by molar-refractivity contribution is 0.0860. The van der Waals surface area contributed by atoms with Crippen LogP contribution in [0.4, 0.5) is 0 Å². The fraction of sp³-hybridized carbons (Fsp3) is 0.562. The van der Waals surface area contributed by atoms with Crippen LogP contribution in [0.2, 0.25) is 0 Å². The Labute approximate surface area is 137 Å². The summed E-state index contributed by atoms with van der Waals surface area (Å²) in [5.74, 6) is 0.709. The number of aromatic nitrogens is 2. The van der Waals surface area contributed by atoms with Gasteiger partial charge in [0.2, 0.25) is 0 Å². The zero-order valence-corrected chi connectivity index (χ0v) is 13.9. The van der Waals surface area contributed by atoms with E-state index in [1.54, 1.807) is 4.57 Å². The SMILES string of the molecule is Cc1c(C(=O)NC[C@H]2CCCO2)sc2nc3n(c(=O)c12)CCC3. The van der Waals surface area contributed by atoms with Crippen LogP contribution in [0.25, 0.3) is 10.2 Å². The lowest BCUT2D eigenvalue weighted by Crippen LogP contribution is -2.31. The van der Waals surface area contributed by atoms with Crippen LogP contribution >= 0.6 is 11.3 Å². The number of ether oxygens (including phenoxy) is 1. The molecule has 1 saturated heterocycles. The van der Waals surface area contributed by atoms with Gasteiger partial charge in [0.25, 0.3) is 11.5 Å². The molecule has 1 amide bonds. The fourth-order valence-electron chi connectivity index (χ4n) is 3.38. The van der Waals surface area contributed by atoms with Crippen molar-refractivity contribution in [2.75, 3.05) is 13.2 Å². The Morgan fingerprint density at radius 3 is 3.13 bits per heavy atom. The van der Waals surface area contributed by atoms with Crippen LogP contribution in [-0.4, -0.2) is 34.7 Å². The van der Waals surface area contributed by atoms with Gasteiger partial charge in [-0.05, 0) is 31.7 Å². The van der Waals surface area contributed by atoms with Crippen molar-refractivity contribution >= 4 is 27.5 Å². The van der Waals surface area contributed by atoms with Crippen LogP contribution in [-0.2, 0) is 17.7 Å². The molecule has 0 radical (unpaired) electrons. The molecule has 2 aromatic heterocycles. The first-order valence-corrected chi connectivity index (χ1v) is 8.89. The van der Waals surface area contributed by atoms with E-state index in [0.717, 1.165) is 50.2 Å². The summed E-state index contributed by atoms with van der Waals surface area (Å²) in [5.41, 5.74) is 0.740. The van der Waals surface area contributed by atoms with Crippen LogP contribution in [0.15, 0.2) is 4.79 Å². The normalized spacial score (nSPS) is 20.1. The summed E-state index contributed by atoms with van der Waals surface area (Å²) in [6.45, 7) is 3.86. The van der Waals surface area contributed by atoms with E-state index < -0.39 is 0 Å². The molecule has 23 heavy (non-hydrogen) atoms. The molecule has 0 bridgehead atoms. The van der Waals surface area contributed by atoms with Gasteiger partial charge in [-0.2, -0.15) is 0 Å². The number of hydrogen-bond donors (Lipinski definition) is 1. The quantitative estimate of drug-likeness (QED) is 0.926. The van der Waals surface area contributed by atoms with Gasteiger partial charge in [0.15, 0.2) is 0 Å². The van der Waals surface area contributed by atoms with E-state index in [2.05, 4.69) is 10.3 Å². The molecule has 122 valence electrons. The van der Waals surface area contributed by atoms with Crippen molar-refractivity contribution in [3.05, 3.63) is 26.6 Å². The largest absolute Gasteiger partial charge is 0.376 e. The molecular weight excluding hydrogens is 314 g/mol. The van der Waals surface area contributed by atoms with Crippen LogP contribution < -0.4 is 10.9 Å². The summed E-state index contributed by atoms with van der Waals surface area (Å²) in [5, 5.41) is 3.53. The number of amides is 1. The highest BCUT2D eigenvalue weighted by molar-refractivity contribution is 7.20. The predicted molar refractivity (Wildman–Crippen MR) is 88.2 cm³/mol. The van der Waals surface area contributed by atoms with Crippen LogP contribution in [0.3, 0.4) is 0 Å². The Morgan fingerprint density at radius 1 is 1.48 bits per heavy atom. The summed E-state index contributed by atoms with van der Waals surface area (Å²) in [6, 6.07) is 0. The lowest BCUT2D eigenvalue weighted by atomic mass is 10.2. The monoisotopic (exact) mass is 333 g/mol. The molecule has 6 nitrogen and oxygen atoms in total. The molecular formula is C16H19N3O3S. The summed E-state index contributed by atoms with van der Waals surface area (Å²) < 4.78 is 7.27. The number of thiophene rings is 1. The Morgan fingerprint density at radius 2 is 2.35 bits per heavy atom. The Balaban J connectivity index is 1.65. The van der Waals surface area contributed by atoms with Gasteiger partial charge in [0.1, 0.15) is 10.7 Å². The molecule has 0 aromatic carbocycles. The van der Waals surface area contributed by atoms with Crippen molar-refractivity contribution in [3.8, 4) is 0 Å². The maximum Gasteiger partial charge on any atom is 0.262 e. The van der Waals surface area contributed by atoms with E-state index in [1.807, 2.05) is 6.92 Å². The third kappa shape index (κ3) is 2.48. The first kappa shape index (κ1) is 14.8. The highest BCUT2D eigenvalue weighted by atomic mass is 32.1. The smallest absolute Gasteiger partial charge is 0.262 e. The van der Waals surface area contributed by atoms with Crippen molar-refractivity contribution < 1.29 is 9.53 Å². The molecule has 0 unspecified atom stereocenters. The molecule has 4 rings (SSSR count). The molecule has 1 N–H and O–H groups in total. The van der Waals surface area contributed by atoms with Gasteiger partial charge in [-0.25, -0.2) is 4.98 Å². The first-order valence-electron chi connectivity index (χ1n) is 8.08. The number of nitrogens with zero attached hydrogens (tertiary/aromatic N) is 2. The molecule has 2 aromatic rings. The van der Waals surface area contributed by atoms with Crippen molar-refractivity contribution in [1.29, 1.82) is 0 Å². The second-order valence-electron chi connectivity index (χ2n) is 6.17. The van der Waals surface area contributed by atoms with Crippen molar-refractivity contribution in [1.82, 2.24) is 14.9 Å². The summed E-state index contributed by atoms with van der Waals surface area (Å²) in [6.07, 6.45) is 3.95. The van der Waals surface area contributed by atoms with Gasteiger partial charge >= 0.3 is 0 Å². The number of hydrogen-bond acceptors (Lipinski definition) is 5. The summed E-state index contributed by atoms with van der Waals surface area (Å²) in [4.78, 5) is 31.0. The molecule has 2 aliphatic rings. The fourth-order valence-corrected chi connectivity index (χ4v) is 4.49. The Bertz CT molecular complexity index is 833. The summed E-state index contributed by atoms with van der Waals surface area (Å²) >= 11 is 1.32. The second kappa shape index (κ2) is 5.72. The topological polar surface area (TPSA) is 73.2 Å². The van der Waals surface area contributed by atoms with Crippen LogP contribution in [0.1, 0.15) is 40.3 Å².